The van der Waals surface area contributed by atoms with Gasteiger partial charge in [-0.25, -0.2) is 18.2 Å². The molecule has 0 atom stereocenters. The highest BCUT2D eigenvalue weighted by Crippen LogP contribution is 2.19. The minimum absolute atomic E-state index is 0.0226. The van der Waals surface area contributed by atoms with E-state index in [0.29, 0.717) is 12.2 Å². The molecular formula is C12H16N4O3S. The van der Waals surface area contributed by atoms with Gasteiger partial charge in [-0.1, -0.05) is 12.1 Å². The normalized spacial score (nSPS) is 11.3. The largest absolute Gasteiger partial charge is 0.463 e. The zero-order chi connectivity index (χ0) is 14.8. The van der Waals surface area contributed by atoms with Crippen molar-refractivity contribution in [1.82, 2.24) is 15.2 Å². The second kappa shape index (κ2) is 5.49. The van der Waals surface area contributed by atoms with E-state index in [4.69, 9.17) is 4.74 Å². The fourth-order valence-corrected chi connectivity index (χ4v) is 2.95. The summed E-state index contributed by atoms with van der Waals surface area (Å²) in [4.78, 5) is 4.10. The maximum atomic E-state index is 12.3. The molecular weight excluding hydrogens is 280 g/mol. The highest BCUT2D eigenvalue weighted by Gasteiger charge is 2.19. The minimum atomic E-state index is -3.71. The number of sulfonamides is 1. The Morgan fingerprint density at radius 2 is 2.10 bits per heavy atom. The van der Waals surface area contributed by atoms with E-state index in [1.807, 2.05) is 13.0 Å². The van der Waals surface area contributed by atoms with Crippen molar-refractivity contribution in [3.05, 3.63) is 29.3 Å². The number of H-pyrrole nitrogens is 1. The topological polar surface area (TPSA) is 97.0 Å². The fourth-order valence-electron chi connectivity index (χ4n) is 1.66. The Morgan fingerprint density at radius 1 is 1.35 bits per heavy atom. The summed E-state index contributed by atoms with van der Waals surface area (Å²) in [5.41, 5.74) is 1.52. The molecule has 0 unspecified atom stereocenters. The van der Waals surface area contributed by atoms with Crippen LogP contribution < -0.4 is 9.46 Å². The summed E-state index contributed by atoms with van der Waals surface area (Å²) < 4.78 is 32.0. The first kappa shape index (κ1) is 14.3. The van der Waals surface area contributed by atoms with Crippen molar-refractivity contribution in [3.8, 4) is 6.01 Å². The first-order valence-electron chi connectivity index (χ1n) is 6.07. The van der Waals surface area contributed by atoms with E-state index in [-0.39, 0.29) is 16.9 Å². The Morgan fingerprint density at radius 3 is 2.80 bits per heavy atom. The van der Waals surface area contributed by atoms with Gasteiger partial charge in [0.05, 0.1) is 11.5 Å². The average Bonchev–Trinajstić information content (AvgIpc) is 2.79. The van der Waals surface area contributed by atoms with Crippen molar-refractivity contribution in [2.45, 2.75) is 25.7 Å². The summed E-state index contributed by atoms with van der Waals surface area (Å²) in [6, 6.07) is 5.33. The molecule has 0 bridgehead atoms. The smallest absolute Gasteiger partial charge is 0.337 e. The first-order valence-corrected chi connectivity index (χ1v) is 7.56. The van der Waals surface area contributed by atoms with Gasteiger partial charge in [-0.2, -0.15) is 4.98 Å². The molecule has 108 valence electrons. The molecule has 1 heterocycles. The van der Waals surface area contributed by atoms with Gasteiger partial charge in [-0.05, 0) is 38.0 Å². The molecule has 8 heteroatoms. The van der Waals surface area contributed by atoms with Gasteiger partial charge in [-0.15, -0.1) is 5.10 Å². The van der Waals surface area contributed by atoms with Crippen LogP contribution in [0.25, 0.3) is 0 Å². The number of nitrogens with zero attached hydrogens (tertiary/aromatic N) is 2. The predicted octanol–water partition coefficient (Wildman–Crippen LogP) is 1.62. The van der Waals surface area contributed by atoms with Crippen molar-refractivity contribution in [3.63, 3.8) is 0 Å². The van der Waals surface area contributed by atoms with Crippen LogP contribution in [-0.2, 0) is 10.0 Å². The molecule has 0 aliphatic carbocycles. The summed E-state index contributed by atoms with van der Waals surface area (Å²) in [6.07, 6.45) is 0. The Hall–Kier alpha value is -2.09. The number of rotatable bonds is 5. The van der Waals surface area contributed by atoms with E-state index in [0.717, 1.165) is 5.56 Å². The number of aryl methyl sites for hydroxylation is 2. The van der Waals surface area contributed by atoms with Gasteiger partial charge in [0.2, 0.25) is 5.95 Å². The quantitative estimate of drug-likeness (QED) is 0.874. The molecule has 0 fully saturated rings. The van der Waals surface area contributed by atoms with Gasteiger partial charge in [0.15, 0.2) is 0 Å². The van der Waals surface area contributed by atoms with Crippen LogP contribution in [0.3, 0.4) is 0 Å². The monoisotopic (exact) mass is 296 g/mol. The molecule has 2 N–H and O–H groups in total. The van der Waals surface area contributed by atoms with Crippen LogP contribution in [0.4, 0.5) is 5.95 Å². The van der Waals surface area contributed by atoms with E-state index in [9.17, 15) is 8.42 Å². The van der Waals surface area contributed by atoms with Crippen LogP contribution in [0.5, 0.6) is 6.01 Å². The molecule has 7 nitrogen and oxygen atoms in total. The molecule has 0 radical (unpaired) electrons. The lowest BCUT2D eigenvalue weighted by Crippen LogP contribution is -2.15. The van der Waals surface area contributed by atoms with Crippen molar-refractivity contribution >= 4 is 16.0 Å². The van der Waals surface area contributed by atoms with Crippen LogP contribution in [-0.4, -0.2) is 30.2 Å². The predicted molar refractivity (Wildman–Crippen MR) is 74.3 cm³/mol. The fraction of sp³-hybridized carbons (Fsp3) is 0.333. The summed E-state index contributed by atoms with van der Waals surface area (Å²) in [5.74, 6) is 0.0226. The summed E-state index contributed by atoms with van der Waals surface area (Å²) in [5, 5.41) is 6.21. The van der Waals surface area contributed by atoms with Gasteiger partial charge in [-0.3, -0.25) is 0 Å². The number of ether oxygens (including phenoxy) is 1. The van der Waals surface area contributed by atoms with Crippen LogP contribution in [0.15, 0.2) is 23.1 Å². The third-order valence-corrected chi connectivity index (χ3v) is 4.08. The van der Waals surface area contributed by atoms with Gasteiger partial charge in [0.1, 0.15) is 0 Å². The van der Waals surface area contributed by atoms with Crippen LogP contribution in [0.1, 0.15) is 18.1 Å². The minimum Gasteiger partial charge on any atom is -0.463 e. The Labute approximate surface area is 117 Å². The van der Waals surface area contributed by atoms with Gasteiger partial charge < -0.3 is 4.74 Å². The van der Waals surface area contributed by atoms with E-state index < -0.39 is 10.0 Å². The van der Waals surface area contributed by atoms with Gasteiger partial charge in [0, 0.05) is 0 Å². The maximum absolute atomic E-state index is 12.3. The number of anilines is 1. The van der Waals surface area contributed by atoms with E-state index >= 15 is 0 Å². The Balaban J connectivity index is 2.28. The molecule has 0 spiro atoms. The zero-order valence-corrected chi connectivity index (χ0v) is 12.3. The third-order valence-electron chi connectivity index (χ3n) is 2.60. The number of hydrogen-bond acceptors (Lipinski definition) is 5. The SMILES string of the molecule is CCOc1n[nH]c(NS(=O)(=O)c2cc(C)ccc2C)n1. The molecule has 2 aromatic rings. The van der Waals surface area contributed by atoms with E-state index in [1.54, 1.807) is 26.0 Å². The first-order chi connectivity index (χ1) is 9.42. The molecule has 20 heavy (non-hydrogen) atoms. The van der Waals surface area contributed by atoms with E-state index in [2.05, 4.69) is 19.9 Å². The third kappa shape index (κ3) is 3.08. The second-order valence-corrected chi connectivity index (χ2v) is 5.92. The number of hydrogen-bond donors (Lipinski definition) is 2. The number of nitrogens with one attached hydrogen (secondary N) is 2. The maximum Gasteiger partial charge on any atom is 0.337 e. The van der Waals surface area contributed by atoms with Crippen molar-refractivity contribution < 1.29 is 13.2 Å². The van der Waals surface area contributed by atoms with Gasteiger partial charge >= 0.3 is 6.01 Å². The highest BCUT2D eigenvalue weighted by atomic mass is 32.2. The molecule has 0 aliphatic heterocycles. The van der Waals surface area contributed by atoms with Crippen molar-refractivity contribution in [1.29, 1.82) is 0 Å². The number of benzene rings is 1. The highest BCUT2D eigenvalue weighted by molar-refractivity contribution is 7.92. The molecule has 0 aliphatic rings. The van der Waals surface area contributed by atoms with Gasteiger partial charge in [0.25, 0.3) is 10.0 Å². The lowest BCUT2D eigenvalue weighted by Gasteiger charge is -2.08. The standard InChI is InChI=1S/C12H16N4O3S/c1-4-19-12-13-11(14-15-12)16-20(17,18)10-7-8(2)5-6-9(10)3/h5-7H,4H2,1-3H3,(H2,13,14,15,16). The average molecular weight is 296 g/mol. The summed E-state index contributed by atoms with van der Waals surface area (Å²) in [6.45, 7) is 5.76. The van der Waals surface area contributed by atoms with Crippen LogP contribution in [0.2, 0.25) is 0 Å². The van der Waals surface area contributed by atoms with Crippen molar-refractivity contribution in [2.75, 3.05) is 11.3 Å². The number of aromatic amines is 1. The molecule has 1 aromatic heterocycles. The molecule has 1 aromatic carbocycles. The summed E-state index contributed by atoms with van der Waals surface area (Å²) >= 11 is 0. The lowest BCUT2D eigenvalue weighted by atomic mass is 10.2. The summed E-state index contributed by atoms with van der Waals surface area (Å²) in [7, 11) is -3.71. The molecule has 2 rings (SSSR count). The van der Waals surface area contributed by atoms with E-state index in [1.165, 1.54) is 0 Å². The van der Waals surface area contributed by atoms with Crippen LogP contribution >= 0.6 is 0 Å². The molecule has 0 saturated heterocycles. The van der Waals surface area contributed by atoms with Crippen molar-refractivity contribution in [2.24, 2.45) is 0 Å². The molecule has 0 saturated carbocycles. The number of aromatic nitrogens is 3. The lowest BCUT2D eigenvalue weighted by molar-refractivity contribution is 0.314. The van der Waals surface area contributed by atoms with Crippen LogP contribution in [0, 0.1) is 13.8 Å². The second-order valence-electron chi connectivity index (χ2n) is 4.27. The zero-order valence-electron chi connectivity index (χ0n) is 11.5. The Kier molecular flexibility index (Phi) is 3.93. The molecule has 0 amide bonds. The Bertz CT molecular complexity index is 709.